The third-order valence-electron chi connectivity index (χ3n) is 5.43. The molecule has 0 spiro atoms. The molecule has 2 aliphatic heterocycles. The smallest absolute Gasteiger partial charge is 0.231 e. The van der Waals surface area contributed by atoms with Crippen LogP contribution < -0.4 is 24.8 Å². The predicted octanol–water partition coefficient (Wildman–Crippen LogP) is 2.17. The Morgan fingerprint density at radius 3 is 2.66 bits per heavy atom. The van der Waals surface area contributed by atoms with E-state index in [4.69, 9.17) is 18.9 Å². The Labute approximate surface area is 187 Å². The number of hydrogen-bond acceptors (Lipinski definition) is 6. The van der Waals surface area contributed by atoms with E-state index in [-0.39, 0.29) is 18.7 Å². The molecule has 8 nitrogen and oxygen atoms in total. The number of aliphatic imine (C=N–C) groups is 1. The summed E-state index contributed by atoms with van der Waals surface area (Å²) in [7, 11) is 1.73. The third kappa shape index (κ3) is 5.80. The summed E-state index contributed by atoms with van der Waals surface area (Å²) in [6.07, 6.45) is 0. The van der Waals surface area contributed by atoms with E-state index < -0.39 is 0 Å². The van der Waals surface area contributed by atoms with Crippen LogP contribution in [-0.2, 0) is 4.74 Å². The number of rotatable bonds is 8. The molecule has 172 valence electrons. The molecule has 0 bridgehead atoms. The zero-order valence-corrected chi connectivity index (χ0v) is 18.2. The molecular weight excluding hydrogens is 415 g/mol. The van der Waals surface area contributed by atoms with Crippen LogP contribution in [0, 0.1) is 5.82 Å². The summed E-state index contributed by atoms with van der Waals surface area (Å²) in [6, 6.07) is 12.3. The van der Waals surface area contributed by atoms with Gasteiger partial charge in [-0.25, -0.2) is 4.39 Å². The van der Waals surface area contributed by atoms with E-state index in [1.54, 1.807) is 7.05 Å². The Hall–Kier alpha value is -3.04. The van der Waals surface area contributed by atoms with Gasteiger partial charge in [-0.15, -0.1) is 0 Å². The minimum absolute atomic E-state index is 0.0860. The molecule has 2 heterocycles. The van der Waals surface area contributed by atoms with Gasteiger partial charge in [0.2, 0.25) is 6.79 Å². The highest BCUT2D eigenvalue weighted by molar-refractivity contribution is 5.79. The quantitative estimate of drug-likeness (QED) is 0.367. The van der Waals surface area contributed by atoms with Crippen molar-refractivity contribution in [3.05, 3.63) is 53.8 Å². The van der Waals surface area contributed by atoms with E-state index in [1.165, 1.54) is 12.1 Å². The van der Waals surface area contributed by atoms with Crippen LogP contribution >= 0.6 is 0 Å². The summed E-state index contributed by atoms with van der Waals surface area (Å²) in [6.45, 7) is 4.97. The molecule has 1 atom stereocenters. The lowest BCUT2D eigenvalue weighted by atomic mass is 10.0. The monoisotopic (exact) mass is 444 g/mol. The minimum Gasteiger partial charge on any atom is -0.492 e. The van der Waals surface area contributed by atoms with Gasteiger partial charge < -0.3 is 29.6 Å². The van der Waals surface area contributed by atoms with E-state index in [0.717, 1.165) is 30.2 Å². The van der Waals surface area contributed by atoms with Gasteiger partial charge in [0.25, 0.3) is 0 Å². The van der Waals surface area contributed by atoms with Gasteiger partial charge in [0.1, 0.15) is 18.2 Å². The van der Waals surface area contributed by atoms with Gasteiger partial charge in [-0.2, -0.15) is 0 Å². The second-order valence-electron chi connectivity index (χ2n) is 7.46. The van der Waals surface area contributed by atoms with E-state index >= 15 is 0 Å². The molecule has 1 fully saturated rings. The van der Waals surface area contributed by atoms with Crippen molar-refractivity contribution in [2.24, 2.45) is 4.99 Å². The number of guanidine groups is 1. The largest absolute Gasteiger partial charge is 0.492 e. The first-order chi connectivity index (χ1) is 15.7. The zero-order chi connectivity index (χ0) is 22.2. The predicted molar refractivity (Wildman–Crippen MR) is 119 cm³/mol. The number of halogens is 1. The van der Waals surface area contributed by atoms with Gasteiger partial charge >= 0.3 is 0 Å². The fourth-order valence-electron chi connectivity index (χ4n) is 3.75. The third-order valence-corrected chi connectivity index (χ3v) is 5.43. The number of nitrogens with zero attached hydrogens (tertiary/aromatic N) is 2. The van der Waals surface area contributed by atoms with Crippen molar-refractivity contribution in [3.8, 4) is 17.2 Å². The van der Waals surface area contributed by atoms with Gasteiger partial charge in [0, 0.05) is 32.7 Å². The first-order valence-corrected chi connectivity index (χ1v) is 10.8. The lowest BCUT2D eigenvalue weighted by Crippen LogP contribution is -2.46. The molecule has 0 amide bonds. The lowest BCUT2D eigenvalue weighted by Gasteiger charge is -2.35. The lowest BCUT2D eigenvalue weighted by molar-refractivity contribution is 0.0170. The molecule has 0 aliphatic carbocycles. The number of ether oxygens (including phenoxy) is 4. The molecule has 2 aliphatic rings. The average Bonchev–Trinajstić information content (AvgIpc) is 3.30. The Balaban J connectivity index is 1.27. The highest BCUT2D eigenvalue weighted by atomic mass is 19.1. The van der Waals surface area contributed by atoms with E-state index in [9.17, 15) is 4.39 Å². The maximum atomic E-state index is 13.4. The molecule has 0 saturated carbocycles. The molecule has 1 saturated heterocycles. The Morgan fingerprint density at radius 1 is 1.09 bits per heavy atom. The van der Waals surface area contributed by atoms with E-state index in [0.29, 0.717) is 44.6 Å². The van der Waals surface area contributed by atoms with Crippen LogP contribution in [0.5, 0.6) is 17.2 Å². The van der Waals surface area contributed by atoms with Crippen LogP contribution in [0.2, 0.25) is 0 Å². The number of hydrogen-bond donors (Lipinski definition) is 2. The summed E-state index contributed by atoms with van der Waals surface area (Å²) in [5, 5.41) is 6.65. The summed E-state index contributed by atoms with van der Waals surface area (Å²) in [5.74, 6) is 2.60. The van der Waals surface area contributed by atoms with Gasteiger partial charge in [0.15, 0.2) is 17.5 Å². The molecule has 2 aromatic carbocycles. The van der Waals surface area contributed by atoms with Gasteiger partial charge in [-0.1, -0.05) is 12.1 Å². The molecule has 4 rings (SSSR count). The SMILES string of the molecule is CN=C(NCCOc1ccc2c(c1)OCO2)NCC(c1ccc(F)cc1)N1CCOCC1. The topological polar surface area (TPSA) is 76.6 Å². The van der Waals surface area contributed by atoms with Crippen LogP contribution in [-0.4, -0.2) is 70.7 Å². The number of nitrogens with one attached hydrogen (secondary N) is 2. The Kier molecular flexibility index (Phi) is 7.63. The van der Waals surface area contributed by atoms with Crippen molar-refractivity contribution in [1.29, 1.82) is 0 Å². The second-order valence-corrected chi connectivity index (χ2v) is 7.46. The summed E-state index contributed by atoms with van der Waals surface area (Å²) < 4.78 is 35.4. The zero-order valence-electron chi connectivity index (χ0n) is 18.2. The van der Waals surface area contributed by atoms with Crippen LogP contribution in [0.4, 0.5) is 4.39 Å². The van der Waals surface area contributed by atoms with Crippen LogP contribution in [0.15, 0.2) is 47.5 Å². The molecule has 2 N–H and O–H groups in total. The number of fused-ring (bicyclic) bond motifs is 1. The van der Waals surface area contributed by atoms with E-state index in [1.807, 2.05) is 30.3 Å². The first kappa shape index (κ1) is 22.2. The standard InChI is InChI=1S/C23H29FN4O4/c1-25-23(26-8-11-30-19-6-7-21-22(14-19)32-16-31-21)27-15-20(28-9-12-29-13-10-28)17-2-4-18(24)5-3-17/h2-7,14,20H,8-13,15-16H2,1H3,(H2,25,26,27). The van der Waals surface area contributed by atoms with Crippen molar-refractivity contribution < 1.29 is 23.3 Å². The molecule has 1 unspecified atom stereocenters. The second kappa shape index (κ2) is 11.0. The molecule has 0 radical (unpaired) electrons. The van der Waals surface area contributed by atoms with Crippen molar-refractivity contribution in [3.63, 3.8) is 0 Å². The number of benzene rings is 2. The summed E-state index contributed by atoms with van der Waals surface area (Å²) in [4.78, 5) is 6.65. The Morgan fingerprint density at radius 2 is 1.88 bits per heavy atom. The summed E-state index contributed by atoms with van der Waals surface area (Å²) >= 11 is 0. The minimum atomic E-state index is -0.234. The van der Waals surface area contributed by atoms with Crippen molar-refractivity contribution in [1.82, 2.24) is 15.5 Å². The van der Waals surface area contributed by atoms with Crippen LogP contribution in [0.1, 0.15) is 11.6 Å². The normalized spacial score (nSPS) is 17.1. The molecular formula is C23H29FN4O4. The number of morpholine rings is 1. The first-order valence-electron chi connectivity index (χ1n) is 10.8. The van der Waals surface area contributed by atoms with Crippen molar-refractivity contribution >= 4 is 5.96 Å². The van der Waals surface area contributed by atoms with E-state index in [2.05, 4.69) is 20.5 Å². The van der Waals surface area contributed by atoms with Crippen LogP contribution in [0.25, 0.3) is 0 Å². The fourth-order valence-corrected chi connectivity index (χ4v) is 3.75. The average molecular weight is 445 g/mol. The molecule has 0 aromatic heterocycles. The molecule has 32 heavy (non-hydrogen) atoms. The maximum absolute atomic E-state index is 13.4. The maximum Gasteiger partial charge on any atom is 0.231 e. The highest BCUT2D eigenvalue weighted by Gasteiger charge is 2.23. The van der Waals surface area contributed by atoms with Crippen molar-refractivity contribution in [2.45, 2.75) is 6.04 Å². The van der Waals surface area contributed by atoms with Gasteiger partial charge in [0.05, 0.1) is 25.8 Å². The van der Waals surface area contributed by atoms with Crippen molar-refractivity contribution in [2.75, 3.05) is 59.8 Å². The fraction of sp³-hybridized carbons (Fsp3) is 0.435. The Bertz CT molecular complexity index is 903. The molecule has 2 aromatic rings. The molecule has 9 heteroatoms. The highest BCUT2D eigenvalue weighted by Crippen LogP contribution is 2.35. The summed E-state index contributed by atoms with van der Waals surface area (Å²) in [5.41, 5.74) is 1.06. The van der Waals surface area contributed by atoms with Crippen LogP contribution in [0.3, 0.4) is 0 Å². The van der Waals surface area contributed by atoms with Gasteiger partial charge in [-0.05, 0) is 29.8 Å². The van der Waals surface area contributed by atoms with Gasteiger partial charge in [-0.3, -0.25) is 9.89 Å².